The van der Waals surface area contributed by atoms with Crippen LogP contribution in [-0.4, -0.2) is 17.7 Å². The van der Waals surface area contributed by atoms with Gasteiger partial charge in [-0.3, -0.25) is 4.79 Å². The first-order valence-corrected chi connectivity index (χ1v) is 10.7. The predicted octanol–water partition coefficient (Wildman–Crippen LogP) is -2.75. The van der Waals surface area contributed by atoms with Crippen LogP contribution in [0.15, 0.2) is 11.6 Å². The van der Waals surface area contributed by atoms with Crippen molar-refractivity contribution in [1.29, 1.82) is 0 Å². The van der Waals surface area contributed by atoms with Crippen molar-refractivity contribution < 1.29 is 127 Å². The van der Waals surface area contributed by atoms with E-state index in [1.165, 1.54) is 70.6 Å². The zero-order chi connectivity index (χ0) is 20.3. The van der Waals surface area contributed by atoms with Crippen LogP contribution >= 0.6 is 0 Å². The summed E-state index contributed by atoms with van der Waals surface area (Å²) < 4.78 is 0. The Balaban J connectivity index is -0.00000338. The third-order valence-electron chi connectivity index (χ3n) is 4.79. The summed E-state index contributed by atoms with van der Waals surface area (Å²) >= 11 is 0. The molecule has 7 heteroatoms. The number of carbonyl (C=O) groups is 3. The van der Waals surface area contributed by atoms with E-state index in [9.17, 15) is 24.6 Å². The van der Waals surface area contributed by atoms with Crippen LogP contribution in [0.3, 0.4) is 0 Å². The van der Waals surface area contributed by atoms with E-state index in [1.807, 2.05) is 0 Å². The summed E-state index contributed by atoms with van der Waals surface area (Å²) in [5, 5.41) is 21.1. The maximum Gasteiger partial charge on any atom is 1.00 e. The molecular weight excluding hydrogens is 422 g/mol. The number of rotatable bonds is 19. The summed E-state index contributed by atoms with van der Waals surface area (Å²) in [5.41, 5.74) is -0.805. The van der Waals surface area contributed by atoms with Crippen molar-refractivity contribution in [3.63, 3.8) is 0 Å². The number of carboxylic acids is 2. The molecule has 0 saturated carbocycles. The van der Waals surface area contributed by atoms with Gasteiger partial charge in [0.1, 0.15) is 0 Å². The van der Waals surface area contributed by atoms with Gasteiger partial charge in [0.15, 0.2) is 5.78 Å². The quantitative estimate of drug-likeness (QED) is 0.0687. The van der Waals surface area contributed by atoms with Crippen LogP contribution in [0.4, 0.5) is 0 Å². The summed E-state index contributed by atoms with van der Waals surface area (Å²) in [6.07, 6.45) is 18.4. The molecule has 0 heterocycles. The van der Waals surface area contributed by atoms with E-state index in [0.717, 1.165) is 19.3 Å². The molecule has 0 amide bonds. The molecule has 0 radical (unpaired) electrons. The monoisotopic (exact) mass is 458 g/mol. The van der Waals surface area contributed by atoms with Gasteiger partial charge in [-0.2, -0.15) is 0 Å². The van der Waals surface area contributed by atoms with Gasteiger partial charge in [-0.05, 0) is 12.5 Å². The summed E-state index contributed by atoms with van der Waals surface area (Å²) in [5.74, 6) is -4.15. The smallest absolute Gasteiger partial charge is 0.545 e. The van der Waals surface area contributed by atoms with Gasteiger partial charge in [0.2, 0.25) is 0 Å². The van der Waals surface area contributed by atoms with E-state index >= 15 is 0 Å². The number of hydrogen-bond donors (Lipinski definition) is 0. The molecule has 0 aromatic carbocycles. The molecule has 29 heavy (non-hydrogen) atoms. The van der Waals surface area contributed by atoms with Gasteiger partial charge in [0, 0.05) is 12.0 Å². The van der Waals surface area contributed by atoms with E-state index in [2.05, 4.69) is 6.92 Å². The van der Waals surface area contributed by atoms with Gasteiger partial charge in [0.25, 0.3) is 0 Å². The fraction of sp³-hybridized carbons (Fsp3) is 0.773. The molecule has 0 N–H and O–H groups in total. The number of Topliss-reactive ketones (excluding diaryl/α,β-unsaturated/α-hetero) is 1. The first kappa shape index (κ1) is 35.2. The minimum atomic E-state index is -1.76. The summed E-state index contributed by atoms with van der Waals surface area (Å²) in [7, 11) is 0. The second kappa shape index (κ2) is 25.9. The third kappa shape index (κ3) is 24.1. The first-order valence-electron chi connectivity index (χ1n) is 10.7. The predicted molar refractivity (Wildman–Crippen MR) is 103 cm³/mol. The second-order valence-electron chi connectivity index (χ2n) is 7.29. The van der Waals surface area contributed by atoms with Crippen molar-refractivity contribution in [2.24, 2.45) is 0 Å². The van der Waals surface area contributed by atoms with Crippen LogP contribution < -0.4 is 113 Å². The summed E-state index contributed by atoms with van der Waals surface area (Å²) in [6.45, 7) is 2.24. The van der Waals surface area contributed by atoms with Crippen molar-refractivity contribution in [2.45, 2.75) is 110 Å². The second-order valence-corrected chi connectivity index (χ2v) is 7.29. The number of carboxylic acid groups (broad SMARTS) is 2. The Hall–Kier alpha value is 1.62. The molecule has 0 rings (SSSR count). The topological polar surface area (TPSA) is 97.3 Å². The zero-order valence-corrected chi connectivity index (χ0v) is 25.2. The van der Waals surface area contributed by atoms with Gasteiger partial charge in [-0.15, -0.1) is 0 Å². The molecule has 0 bridgehead atoms. The first-order chi connectivity index (χ1) is 13.0. The van der Waals surface area contributed by atoms with Crippen LogP contribution in [0.1, 0.15) is 110 Å². The number of unbranched alkanes of at least 4 members (excludes halogenated alkanes) is 14. The van der Waals surface area contributed by atoms with Crippen LogP contribution in [-0.2, 0) is 14.4 Å². The minimum absolute atomic E-state index is 0. The average Bonchev–Trinajstić information content (AvgIpc) is 2.62. The van der Waals surface area contributed by atoms with E-state index in [1.54, 1.807) is 0 Å². The molecule has 0 spiro atoms. The van der Waals surface area contributed by atoms with Crippen molar-refractivity contribution in [2.75, 3.05) is 0 Å². The molecule has 156 valence electrons. The van der Waals surface area contributed by atoms with E-state index < -0.39 is 23.3 Å². The maximum absolute atomic E-state index is 11.7. The SMILES string of the molecule is CCCCCCCCCCCCCCCCCC(=O)/C(=C\C(=O)[O-])C(=O)[O-].[K+].[K+]. The Morgan fingerprint density at radius 3 is 1.28 bits per heavy atom. The van der Waals surface area contributed by atoms with Gasteiger partial charge in [-0.1, -0.05) is 96.8 Å². The van der Waals surface area contributed by atoms with Crippen molar-refractivity contribution >= 4 is 17.7 Å². The third-order valence-corrected chi connectivity index (χ3v) is 4.79. The maximum atomic E-state index is 11.7. The van der Waals surface area contributed by atoms with Crippen LogP contribution in [0, 0.1) is 0 Å². The molecule has 0 aromatic rings. The van der Waals surface area contributed by atoms with Gasteiger partial charge < -0.3 is 19.8 Å². The van der Waals surface area contributed by atoms with Crippen molar-refractivity contribution in [1.82, 2.24) is 0 Å². The van der Waals surface area contributed by atoms with Crippen LogP contribution in [0.25, 0.3) is 0 Å². The van der Waals surface area contributed by atoms with Gasteiger partial charge in [-0.25, -0.2) is 0 Å². The molecule has 0 aliphatic rings. The molecule has 0 fully saturated rings. The fourth-order valence-electron chi connectivity index (χ4n) is 3.16. The molecule has 0 aliphatic heterocycles. The largest absolute Gasteiger partial charge is 1.00 e. The van der Waals surface area contributed by atoms with E-state index in [4.69, 9.17) is 0 Å². The number of carbonyl (C=O) groups excluding carboxylic acids is 3. The van der Waals surface area contributed by atoms with Crippen LogP contribution in [0.2, 0.25) is 0 Å². The number of ketones is 1. The molecule has 0 saturated heterocycles. The Morgan fingerprint density at radius 1 is 0.621 bits per heavy atom. The average molecular weight is 459 g/mol. The normalized spacial score (nSPS) is 10.7. The fourth-order valence-corrected chi connectivity index (χ4v) is 3.16. The van der Waals surface area contributed by atoms with Crippen molar-refractivity contribution in [3.05, 3.63) is 11.6 Å². The standard InChI is InChI=1S/C22H38O5.2K/c1-2-3-4-5-6-7-8-9-10-11-12-13-14-15-16-17-20(23)19(22(26)27)18-21(24)25;;/h18H,2-17H2,1H3,(H,24,25)(H,26,27);;/q;2*+1/p-2/b19-18+;;. The van der Waals surface area contributed by atoms with Crippen molar-refractivity contribution in [3.8, 4) is 0 Å². The number of aliphatic carboxylic acids is 2. The van der Waals surface area contributed by atoms with E-state index in [-0.39, 0.29) is 109 Å². The van der Waals surface area contributed by atoms with Gasteiger partial charge in [0.05, 0.1) is 11.9 Å². The number of hydrogen-bond acceptors (Lipinski definition) is 5. The van der Waals surface area contributed by atoms with Crippen LogP contribution in [0.5, 0.6) is 0 Å². The summed E-state index contributed by atoms with van der Waals surface area (Å²) in [6, 6.07) is 0. The Morgan fingerprint density at radius 2 is 0.966 bits per heavy atom. The summed E-state index contributed by atoms with van der Waals surface area (Å²) in [4.78, 5) is 32.8. The van der Waals surface area contributed by atoms with Gasteiger partial charge >= 0.3 is 103 Å². The molecule has 0 aromatic heterocycles. The molecule has 0 atom stereocenters. The van der Waals surface area contributed by atoms with E-state index in [0.29, 0.717) is 12.5 Å². The Bertz CT molecular complexity index is 464. The molecule has 0 aliphatic carbocycles. The molecule has 0 unspecified atom stereocenters. The minimum Gasteiger partial charge on any atom is -0.545 e. The molecule has 5 nitrogen and oxygen atoms in total. The zero-order valence-electron chi connectivity index (χ0n) is 18.9. The Kier molecular flexibility index (Phi) is 31.4. The Labute approximate surface area is 262 Å². The molecular formula is C22H36K2O5.